The quantitative estimate of drug-likeness (QED) is 0.689. The lowest BCUT2D eigenvalue weighted by atomic mass is 9.88. The number of benzene rings is 2. The molecule has 1 saturated carbocycles. The van der Waals surface area contributed by atoms with Gasteiger partial charge in [-0.15, -0.1) is 0 Å². The number of carbonyl (C=O) groups is 1. The summed E-state index contributed by atoms with van der Waals surface area (Å²) in [5, 5.41) is 0. The summed E-state index contributed by atoms with van der Waals surface area (Å²) in [4.78, 5) is 13.5. The summed E-state index contributed by atoms with van der Waals surface area (Å²) in [7, 11) is 1.34. The molecule has 0 spiro atoms. The molecule has 31 heavy (non-hydrogen) atoms. The van der Waals surface area contributed by atoms with E-state index in [9.17, 15) is 18.0 Å². The zero-order chi connectivity index (χ0) is 22.8. The fourth-order valence-corrected chi connectivity index (χ4v) is 4.10. The zero-order valence-corrected chi connectivity index (χ0v) is 17.7. The van der Waals surface area contributed by atoms with Crippen LogP contribution in [-0.4, -0.2) is 25.1 Å². The number of hydrogen-bond acceptors (Lipinski definition) is 4. The summed E-state index contributed by atoms with van der Waals surface area (Å²) in [6, 6.07) is 10.5. The Morgan fingerprint density at radius 1 is 1.13 bits per heavy atom. The summed E-state index contributed by atoms with van der Waals surface area (Å²) in [6.45, 7) is 1.70. The maximum atomic E-state index is 13.6. The van der Waals surface area contributed by atoms with Crippen LogP contribution in [-0.2, 0) is 11.0 Å². The molecule has 4 N–H and O–H groups in total. The molecule has 0 radical (unpaired) electrons. The van der Waals surface area contributed by atoms with Crippen molar-refractivity contribution in [1.29, 1.82) is 0 Å². The largest absolute Gasteiger partial charge is 0.497 e. The molecule has 3 atom stereocenters. The van der Waals surface area contributed by atoms with E-state index in [1.54, 1.807) is 31.2 Å². The predicted octanol–water partition coefficient (Wildman–Crippen LogP) is 4.71. The number of nitrogens with two attached hydrogens (primary N) is 2. The number of hydrogen-bond donors (Lipinski definition) is 2. The average molecular weight is 435 g/mol. The van der Waals surface area contributed by atoms with Crippen LogP contribution in [0.2, 0.25) is 0 Å². The van der Waals surface area contributed by atoms with Gasteiger partial charge in [0.15, 0.2) is 0 Å². The van der Waals surface area contributed by atoms with Gasteiger partial charge in [-0.1, -0.05) is 25.0 Å². The van der Waals surface area contributed by atoms with Crippen LogP contribution in [0.1, 0.15) is 49.7 Å². The molecular formula is C23H28F3N3O2. The number of primary amides is 1. The van der Waals surface area contributed by atoms with E-state index in [2.05, 4.69) is 0 Å². The van der Waals surface area contributed by atoms with Crippen molar-refractivity contribution >= 4 is 17.3 Å². The van der Waals surface area contributed by atoms with Gasteiger partial charge in [-0.2, -0.15) is 13.2 Å². The Morgan fingerprint density at radius 2 is 1.84 bits per heavy atom. The van der Waals surface area contributed by atoms with Crippen LogP contribution in [0.5, 0.6) is 5.75 Å². The fraction of sp³-hybridized carbons (Fsp3) is 0.435. The highest BCUT2D eigenvalue weighted by Gasteiger charge is 2.34. The normalized spacial score (nSPS) is 20.2. The Hall–Kier alpha value is -2.74. The number of carbonyl (C=O) groups excluding carboxylic acids is 1. The number of halogens is 3. The summed E-state index contributed by atoms with van der Waals surface area (Å²) in [5.41, 5.74) is 12.8. The molecule has 0 aliphatic heterocycles. The van der Waals surface area contributed by atoms with E-state index in [1.807, 2.05) is 11.0 Å². The van der Waals surface area contributed by atoms with Crippen LogP contribution >= 0.6 is 0 Å². The monoisotopic (exact) mass is 435 g/mol. The topological polar surface area (TPSA) is 81.6 Å². The number of nitrogens with zero attached hydrogens (tertiary/aromatic N) is 1. The van der Waals surface area contributed by atoms with Gasteiger partial charge in [0.05, 0.1) is 18.6 Å². The van der Waals surface area contributed by atoms with Gasteiger partial charge >= 0.3 is 6.18 Å². The first kappa shape index (κ1) is 22.9. The Kier molecular flexibility index (Phi) is 6.79. The summed E-state index contributed by atoms with van der Waals surface area (Å²) >= 11 is 0. The first-order valence-corrected chi connectivity index (χ1v) is 10.3. The molecule has 1 aliphatic rings. The van der Waals surface area contributed by atoms with Gasteiger partial charge in [0.25, 0.3) is 0 Å². The molecule has 0 aromatic heterocycles. The molecule has 1 aliphatic carbocycles. The second-order valence-corrected chi connectivity index (χ2v) is 8.02. The van der Waals surface area contributed by atoms with Crippen LogP contribution in [0.25, 0.3) is 0 Å². The summed E-state index contributed by atoms with van der Waals surface area (Å²) in [5.74, 6) is -0.891. The van der Waals surface area contributed by atoms with Crippen molar-refractivity contribution in [2.45, 2.75) is 56.8 Å². The number of ether oxygens (including phenoxy) is 1. The number of alkyl halides is 3. The smallest absolute Gasteiger partial charge is 0.416 e. The lowest BCUT2D eigenvalue weighted by Gasteiger charge is -2.40. The Bertz CT molecular complexity index is 933. The summed E-state index contributed by atoms with van der Waals surface area (Å²) in [6.07, 6.45) is -1.07. The highest BCUT2D eigenvalue weighted by Crippen LogP contribution is 2.40. The van der Waals surface area contributed by atoms with Gasteiger partial charge < -0.3 is 21.1 Å². The minimum atomic E-state index is -4.52. The van der Waals surface area contributed by atoms with Crippen molar-refractivity contribution in [1.82, 2.24) is 0 Å². The second kappa shape index (κ2) is 9.18. The van der Waals surface area contributed by atoms with E-state index in [0.29, 0.717) is 16.9 Å². The predicted molar refractivity (Wildman–Crippen MR) is 114 cm³/mol. The Morgan fingerprint density at radius 3 is 2.45 bits per heavy atom. The molecular weight excluding hydrogens is 407 g/mol. The Balaban J connectivity index is 2.17. The maximum absolute atomic E-state index is 13.6. The average Bonchev–Trinajstić information content (AvgIpc) is 2.74. The van der Waals surface area contributed by atoms with Crippen molar-refractivity contribution in [2.75, 3.05) is 12.0 Å². The minimum Gasteiger partial charge on any atom is -0.497 e. The molecule has 1 fully saturated rings. The molecule has 8 heteroatoms. The molecule has 2 aromatic carbocycles. The van der Waals surface area contributed by atoms with E-state index >= 15 is 0 Å². The summed E-state index contributed by atoms with van der Waals surface area (Å²) < 4.78 is 45.9. The van der Waals surface area contributed by atoms with Crippen molar-refractivity contribution in [3.8, 4) is 5.75 Å². The first-order chi connectivity index (χ1) is 14.6. The van der Waals surface area contributed by atoms with Crippen molar-refractivity contribution in [3.63, 3.8) is 0 Å². The first-order valence-electron chi connectivity index (χ1n) is 10.3. The van der Waals surface area contributed by atoms with Gasteiger partial charge in [0.1, 0.15) is 5.75 Å². The number of amides is 1. The van der Waals surface area contributed by atoms with Gasteiger partial charge in [-0.05, 0) is 49.6 Å². The maximum Gasteiger partial charge on any atom is 0.416 e. The molecule has 2 aromatic rings. The van der Waals surface area contributed by atoms with Gasteiger partial charge in [-0.3, -0.25) is 4.79 Å². The van der Waals surface area contributed by atoms with E-state index < -0.39 is 23.6 Å². The number of anilines is 2. The molecule has 0 heterocycles. The van der Waals surface area contributed by atoms with E-state index in [1.165, 1.54) is 7.11 Å². The standard InChI is InChI=1S/C23H28F3N3O2/c1-14(22(28)30)15-6-5-7-17(10-15)29(21-9-4-3-8-20(21)27)18-11-16(23(24,25)26)12-19(13-18)31-2/h5-7,10-14,20-21H,3-4,8-9,27H2,1-2H3,(H2,28,30). The van der Waals surface area contributed by atoms with Crippen LogP contribution < -0.4 is 21.1 Å². The third-order valence-corrected chi connectivity index (χ3v) is 5.92. The van der Waals surface area contributed by atoms with Crippen molar-refractivity contribution in [2.24, 2.45) is 11.5 Å². The fourth-order valence-electron chi connectivity index (χ4n) is 4.10. The van der Waals surface area contributed by atoms with E-state index in [-0.39, 0.29) is 17.8 Å². The molecule has 0 saturated heterocycles. The number of methoxy groups -OCH3 is 1. The zero-order valence-electron chi connectivity index (χ0n) is 17.7. The van der Waals surface area contributed by atoms with E-state index in [4.69, 9.17) is 16.2 Å². The van der Waals surface area contributed by atoms with Crippen LogP contribution in [0.4, 0.5) is 24.5 Å². The highest BCUT2D eigenvalue weighted by atomic mass is 19.4. The minimum absolute atomic E-state index is 0.112. The van der Waals surface area contributed by atoms with Gasteiger partial charge in [-0.25, -0.2) is 0 Å². The molecule has 168 valence electrons. The lowest BCUT2D eigenvalue weighted by molar-refractivity contribution is -0.137. The van der Waals surface area contributed by atoms with E-state index in [0.717, 1.165) is 37.8 Å². The van der Waals surface area contributed by atoms with Crippen molar-refractivity contribution < 1.29 is 22.7 Å². The Labute approximate surface area is 180 Å². The third-order valence-electron chi connectivity index (χ3n) is 5.92. The van der Waals surface area contributed by atoms with Gasteiger partial charge in [0.2, 0.25) is 5.91 Å². The van der Waals surface area contributed by atoms with Crippen molar-refractivity contribution in [3.05, 3.63) is 53.6 Å². The second-order valence-electron chi connectivity index (χ2n) is 8.02. The molecule has 3 rings (SSSR count). The van der Waals surface area contributed by atoms with Crippen LogP contribution in [0.15, 0.2) is 42.5 Å². The lowest BCUT2D eigenvalue weighted by Crippen LogP contribution is -2.47. The highest BCUT2D eigenvalue weighted by molar-refractivity contribution is 5.82. The molecule has 3 unspecified atom stereocenters. The van der Waals surface area contributed by atoms with Crippen LogP contribution in [0.3, 0.4) is 0 Å². The third kappa shape index (κ3) is 5.12. The molecule has 5 nitrogen and oxygen atoms in total. The van der Waals surface area contributed by atoms with Gasteiger partial charge in [0, 0.05) is 29.5 Å². The number of rotatable bonds is 6. The molecule has 0 bridgehead atoms. The molecule has 1 amide bonds. The van der Waals surface area contributed by atoms with Crippen LogP contribution in [0, 0.1) is 0 Å². The SMILES string of the molecule is COc1cc(N(c2cccc(C(C)C(N)=O)c2)C2CCCCC2N)cc(C(F)(F)F)c1.